The minimum Gasteiger partial charge on any atom is -0.480 e. The Morgan fingerprint density at radius 3 is 2.75 bits per heavy atom. The van der Waals surface area contributed by atoms with Crippen LogP contribution in [0, 0.1) is 11.3 Å². The molecule has 0 aliphatic rings. The van der Waals surface area contributed by atoms with Crippen LogP contribution >= 0.6 is 23.2 Å². The number of carbonyl (C=O) groups excluding carboxylic acids is 1. The highest BCUT2D eigenvalue weighted by Gasteiger charge is 2.16. The number of hydrogen-bond acceptors (Lipinski definition) is 3. The molecule has 1 N–H and O–H groups in total. The molecule has 24 heavy (non-hydrogen) atoms. The van der Waals surface area contributed by atoms with Crippen LogP contribution in [0.4, 0.5) is 0 Å². The second kappa shape index (κ2) is 8.58. The Balaban J connectivity index is 1.87. The first kappa shape index (κ1) is 18.1. The lowest BCUT2D eigenvalue weighted by Crippen LogP contribution is -2.37. The van der Waals surface area contributed by atoms with Gasteiger partial charge in [-0.1, -0.05) is 41.4 Å². The van der Waals surface area contributed by atoms with Crippen molar-refractivity contribution in [3.63, 3.8) is 0 Å². The van der Waals surface area contributed by atoms with Crippen LogP contribution < -0.4 is 10.1 Å². The van der Waals surface area contributed by atoms with E-state index in [2.05, 4.69) is 5.32 Å². The van der Waals surface area contributed by atoms with Crippen LogP contribution in [-0.4, -0.2) is 18.6 Å². The molecule has 2 aromatic rings. The van der Waals surface area contributed by atoms with Gasteiger partial charge in [0.05, 0.1) is 5.56 Å². The second-order valence-electron chi connectivity index (χ2n) is 5.14. The van der Waals surface area contributed by atoms with Gasteiger partial charge in [0.1, 0.15) is 11.8 Å². The number of para-hydroxylation sites is 1. The minimum atomic E-state index is -0.708. The van der Waals surface area contributed by atoms with Gasteiger partial charge < -0.3 is 10.1 Å². The Labute approximate surface area is 151 Å². The standard InChI is InChI=1S/C18H16Cl2N2O2/c1-12(24-17-5-3-2-4-14(17)11-21)18(23)22-9-8-13-6-7-15(19)10-16(13)20/h2-7,10,12H,8-9H2,1H3,(H,22,23). The maximum Gasteiger partial charge on any atom is 0.260 e. The van der Waals surface area contributed by atoms with Gasteiger partial charge in [-0.3, -0.25) is 4.79 Å². The number of ether oxygens (including phenoxy) is 1. The molecule has 124 valence electrons. The molecule has 6 heteroatoms. The lowest BCUT2D eigenvalue weighted by atomic mass is 10.1. The van der Waals surface area contributed by atoms with Crippen molar-refractivity contribution in [3.8, 4) is 11.8 Å². The molecule has 0 fully saturated rings. The smallest absolute Gasteiger partial charge is 0.260 e. The first-order chi connectivity index (χ1) is 11.5. The van der Waals surface area contributed by atoms with E-state index in [4.69, 9.17) is 33.2 Å². The van der Waals surface area contributed by atoms with E-state index in [-0.39, 0.29) is 5.91 Å². The van der Waals surface area contributed by atoms with E-state index < -0.39 is 6.10 Å². The number of amides is 1. The van der Waals surface area contributed by atoms with Crippen LogP contribution in [0.3, 0.4) is 0 Å². The summed E-state index contributed by atoms with van der Waals surface area (Å²) in [6, 6.07) is 14.1. The normalized spacial score (nSPS) is 11.4. The molecule has 4 nitrogen and oxygen atoms in total. The Morgan fingerprint density at radius 2 is 2.04 bits per heavy atom. The van der Waals surface area contributed by atoms with Gasteiger partial charge in [-0.15, -0.1) is 0 Å². The summed E-state index contributed by atoms with van der Waals surface area (Å²) in [5.74, 6) is 0.135. The highest BCUT2D eigenvalue weighted by atomic mass is 35.5. The molecule has 0 aliphatic heterocycles. The molecule has 1 amide bonds. The fourth-order valence-electron chi connectivity index (χ4n) is 2.09. The Kier molecular flexibility index (Phi) is 6.48. The Morgan fingerprint density at radius 1 is 1.29 bits per heavy atom. The van der Waals surface area contributed by atoms with E-state index in [1.165, 1.54) is 0 Å². The van der Waals surface area contributed by atoms with E-state index in [1.54, 1.807) is 43.3 Å². The molecular formula is C18H16Cl2N2O2. The molecule has 2 aromatic carbocycles. The van der Waals surface area contributed by atoms with Crippen molar-refractivity contribution in [1.29, 1.82) is 5.26 Å². The van der Waals surface area contributed by atoms with Crippen LogP contribution in [0.1, 0.15) is 18.1 Å². The third-order valence-corrected chi connectivity index (χ3v) is 3.98. The fourth-order valence-corrected chi connectivity index (χ4v) is 2.60. The molecule has 2 rings (SSSR count). The van der Waals surface area contributed by atoms with Crippen LogP contribution in [-0.2, 0) is 11.2 Å². The zero-order chi connectivity index (χ0) is 17.5. The molecule has 0 bridgehead atoms. The van der Waals surface area contributed by atoms with Crippen molar-refractivity contribution in [2.45, 2.75) is 19.4 Å². The SMILES string of the molecule is CC(Oc1ccccc1C#N)C(=O)NCCc1ccc(Cl)cc1Cl. The Hall–Kier alpha value is -2.22. The quantitative estimate of drug-likeness (QED) is 0.844. The second-order valence-corrected chi connectivity index (χ2v) is 5.99. The van der Waals surface area contributed by atoms with Crippen molar-refractivity contribution < 1.29 is 9.53 Å². The zero-order valence-corrected chi connectivity index (χ0v) is 14.6. The van der Waals surface area contributed by atoms with Crippen molar-refractivity contribution >= 4 is 29.1 Å². The summed E-state index contributed by atoms with van der Waals surface area (Å²) in [4.78, 5) is 12.1. The summed E-state index contributed by atoms with van der Waals surface area (Å²) in [5.41, 5.74) is 1.30. The van der Waals surface area contributed by atoms with Crippen LogP contribution in [0.2, 0.25) is 10.0 Å². The summed E-state index contributed by atoms with van der Waals surface area (Å²) >= 11 is 11.9. The predicted octanol–water partition coefficient (Wildman–Crippen LogP) is 3.99. The highest BCUT2D eigenvalue weighted by Crippen LogP contribution is 2.21. The summed E-state index contributed by atoms with van der Waals surface area (Å²) in [5, 5.41) is 13.0. The van der Waals surface area contributed by atoms with E-state index in [0.29, 0.717) is 34.3 Å². The first-order valence-electron chi connectivity index (χ1n) is 7.38. The van der Waals surface area contributed by atoms with E-state index in [9.17, 15) is 4.79 Å². The number of benzene rings is 2. The average Bonchev–Trinajstić information content (AvgIpc) is 2.57. The zero-order valence-electron chi connectivity index (χ0n) is 13.1. The number of carbonyl (C=O) groups is 1. The molecule has 0 saturated carbocycles. The van der Waals surface area contributed by atoms with Crippen molar-refractivity contribution in [3.05, 3.63) is 63.6 Å². The predicted molar refractivity (Wildman–Crippen MR) is 94.4 cm³/mol. The van der Waals surface area contributed by atoms with Gasteiger partial charge in [0.25, 0.3) is 5.91 Å². The van der Waals surface area contributed by atoms with Gasteiger partial charge in [0.2, 0.25) is 0 Å². The number of nitrogens with one attached hydrogen (secondary N) is 1. The van der Waals surface area contributed by atoms with Gasteiger partial charge in [0.15, 0.2) is 6.10 Å². The van der Waals surface area contributed by atoms with Gasteiger partial charge >= 0.3 is 0 Å². The molecule has 1 unspecified atom stereocenters. The number of rotatable bonds is 6. The van der Waals surface area contributed by atoms with Gasteiger partial charge in [-0.25, -0.2) is 0 Å². The topological polar surface area (TPSA) is 62.1 Å². The third-order valence-electron chi connectivity index (χ3n) is 3.39. The maximum atomic E-state index is 12.1. The molecule has 0 heterocycles. The first-order valence-corrected chi connectivity index (χ1v) is 8.14. The molecule has 0 radical (unpaired) electrons. The van der Waals surface area contributed by atoms with Crippen molar-refractivity contribution in [1.82, 2.24) is 5.32 Å². The number of hydrogen-bond donors (Lipinski definition) is 1. The molecular weight excluding hydrogens is 347 g/mol. The molecule has 1 atom stereocenters. The van der Waals surface area contributed by atoms with E-state index >= 15 is 0 Å². The number of nitriles is 1. The summed E-state index contributed by atoms with van der Waals surface area (Å²) in [6.45, 7) is 2.06. The molecule has 0 aliphatic carbocycles. The van der Waals surface area contributed by atoms with Gasteiger partial charge in [-0.05, 0) is 43.2 Å². The monoisotopic (exact) mass is 362 g/mol. The van der Waals surface area contributed by atoms with Crippen LogP contribution in [0.25, 0.3) is 0 Å². The molecule has 0 spiro atoms. The van der Waals surface area contributed by atoms with Gasteiger partial charge in [-0.2, -0.15) is 5.26 Å². The lowest BCUT2D eigenvalue weighted by Gasteiger charge is -2.15. The average molecular weight is 363 g/mol. The van der Waals surface area contributed by atoms with Crippen LogP contribution in [0.15, 0.2) is 42.5 Å². The minimum absolute atomic E-state index is 0.257. The summed E-state index contributed by atoms with van der Waals surface area (Å²) in [6.07, 6.45) is -0.122. The summed E-state index contributed by atoms with van der Waals surface area (Å²) in [7, 11) is 0. The Bertz CT molecular complexity index is 772. The summed E-state index contributed by atoms with van der Waals surface area (Å²) < 4.78 is 5.56. The number of halogens is 2. The van der Waals surface area contributed by atoms with Crippen molar-refractivity contribution in [2.75, 3.05) is 6.54 Å². The third kappa shape index (κ3) is 4.89. The lowest BCUT2D eigenvalue weighted by molar-refractivity contribution is -0.127. The van der Waals surface area contributed by atoms with E-state index in [1.807, 2.05) is 12.1 Å². The molecule has 0 aromatic heterocycles. The van der Waals surface area contributed by atoms with Gasteiger partial charge in [0, 0.05) is 16.6 Å². The molecule has 0 saturated heterocycles. The largest absolute Gasteiger partial charge is 0.480 e. The van der Waals surface area contributed by atoms with E-state index in [0.717, 1.165) is 5.56 Å². The van der Waals surface area contributed by atoms with Crippen molar-refractivity contribution in [2.24, 2.45) is 0 Å². The van der Waals surface area contributed by atoms with Crippen LogP contribution in [0.5, 0.6) is 5.75 Å². The highest BCUT2D eigenvalue weighted by molar-refractivity contribution is 6.35. The number of nitrogens with zero attached hydrogens (tertiary/aromatic N) is 1. The maximum absolute atomic E-state index is 12.1. The fraction of sp³-hybridized carbons (Fsp3) is 0.222.